The topological polar surface area (TPSA) is 83.8 Å². The Balaban J connectivity index is 1.48. The number of carbonyl (C=O) groups excluding carboxylic acids is 1. The zero-order valence-corrected chi connectivity index (χ0v) is 19.4. The van der Waals surface area contributed by atoms with E-state index in [1.54, 1.807) is 32.4 Å². The summed E-state index contributed by atoms with van der Waals surface area (Å²) in [5, 5.41) is 2.95. The van der Waals surface area contributed by atoms with Crippen molar-refractivity contribution in [3.05, 3.63) is 78.1 Å². The predicted molar refractivity (Wildman–Crippen MR) is 129 cm³/mol. The summed E-state index contributed by atoms with van der Waals surface area (Å²) in [7, 11) is 4.72. The number of nitrogens with one attached hydrogen (secondary N) is 1. The number of nitrogens with zero attached hydrogens (tertiary/aromatic N) is 2. The third-order valence-electron chi connectivity index (χ3n) is 5.41. The standard InChI is InChI=1S/C26H27N3O5/c1-31-19-7-6-8-20(16-19)34-14-13-29-22-10-5-4-9-21(22)28-25(29)17-27-26(30)18-11-12-23(32-2)24(15-18)33-3/h4-12,15-16H,13-14,17H2,1-3H3,(H,27,30). The van der Waals surface area contributed by atoms with E-state index in [1.807, 2.05) is 48.5 Å². The molecule has 0 aliphatic rings. The zero-order chi connectivity index (χ0) is 23.9. The SMILES string of the molecule is COc1cccc(OCCn2c(CNC(=O)c3ccc(OC)c(OC)c3)nc3ccccc32)c1. The molecule has 1 amide bonds. The van der Waals surface area contributed by atoms with Gasteiger partial charge in [-0.25, -0.2) is 4.98 Å². The van der Waals surface area contributed by atoms with Gasteiger partial charge in [0.2, 0.25) is 0 Å². The molecule has 4 aromatic rings. The molecule has 0 fully saturated rings. The largest absolute Gasteiger partial charge is 0.497 e. The van der Waals surface area contributed by atoms with Crippen molar-refractivity contribution in [1.82, 2.24) is 14.9 Å². The van der Waals surface area contributed by atoms with Crippen LogP contribution >= 0.6 is 0 Å². The second-order valence-corrected chi connectivity index (χ2v) is 7.45. The molecule has 8 nitrogen and oxygen atoms in total. The number of rotatable bonds is 10. The lowest BCUT2D eigenvalue weighted by molar-refractivity contribution is 0.0949. The first kappa shape index (κ1) is 23.0. The number of para-hydroxylation sites is 2. The van der Waals surface area contributed by atoms with Crippen molar-refractivity contribution in [1.29, 1.82) is 0 Å². The van der Waals surface area contributed by atoms with E-state index < -0.39 is 0 Å². The van der Waals surface area contributed by atoms with Crippen LogP contribution < -0.4 is 24.3 Å². The Bertz CT molecular complexity index is 1280. The van der Waals surface area contributed by atoms with Gasteiger partial charge in [-0.1, -0.05) is 18.2 Å². The molecule has 0 saturated carbocycles. The van der Waals surface area contributed by atoms with Gasteiger partial charge in [-0.15, -0.1) is 0 Å². The molecule has 0 aliphatic carbocycles. The van der Waals surface area contributed by atoms with Crippen molar-refractivity contribution in [2.24, 2.45) is 0 Å². The smallest absolute Gasteiger partial charge is 0.251 e. The number of carbonyl (C=O) groups is 1. The minimum Gasteiger partial charge on any atom is -0.497 e. The summed E-state index contributed by atoms with van der Waals surface area (Å²) in [5.74, 6) is 3.04. The highest BCUT2D eigenvalue weighted by Gasteiger charge is 2.14. The fourth-order valence-electron chi connectivity index (χ4n) is 3.69. The fourth-order valence-corrected chi connectivity index (χ4v) is 3.69. The van der Waals surface area contributed by atoms with Crippen molar-refractivity contribution in [2.45, 2.75) is 13.1 Å². The van der Waals surface area contributed by atoms with Gasteiger partial charge in [0.15, 0.2) is 11.5 Å². The van der Waals surface area contributed by atoms with Crippen molar-refractivity contribution < 1.29 is 23.7 Å². The number of ether oxygens (including phenoxy) is 4. The van der Waals surface area contributed by atoms with Crippen LogP contribution in [0.4, 0.5) is 0 Å². The second-order valence-electron chi connectivity index (χ2n) is 7.45. The number of aromatic nitrogens is 2. The molecule has 0 saturated heterocycles. The van der Waals surface area contributed by atoms with E-state index in [-0.39, 0.29) is 12.5 Å². The summed E-state index contributed by atoms with van der Waals surface area (Å²) in [5.41, 5.74) is 2.31. The first-order valence-electron chi connectivity index (χ1n) is 10.8. The van der Waals surface area contributed by atoms with E-state index in [0.29, 0.717) is 30.2 Å². The van der Waals surface area contributed by atoms with Gasteiger partial charge in [0.25, 0.3) is 5.91 Å². The number of methoxy groups -OCH3 is 3. The molecule has 1 aromatic heterocycles. The van der Waals surface area contributed by atoms with E-state index in [1.165, 1.54) is 7.11 Å². The number of imidazole rings is 1. The number of amides is 1. The van der Waals surface area contributed by atoms with Crippen molar-refractivity contribution >= 4 is 16.9 Å². The van der Waals surface area contributed by atoms with Crippen molar-refractivity contribution in [2.75, 3.05) is 27.9 Å². The Morgan fingerprint density at radius 3 is 2.47 bits per heavy atom. The van der Waals surface area contributed by atoms with Crippen molar-refractivity contribution in [3.63, 3.8) is 0 Å². The zero-order valence-electron chi connectivity index (χ0n) is 19.4. The van der Waals surface area contributed by atoms with Crippen LogP contribution in [0.1, 0.15) is 16.2 Å². The summed E-state index contributed by atoms with van der Waals surface area (Å²) >= 11 is 0. The van der Waals surface area contributed by atoms with Crippen LogP contribution in [-0.2, 0) is 13.1 Å². The van der Waals surface area contributed by atoms with E-state index in [2.05, 4.69) is 9.88 Å². The molecule has 0 bridgehead atoms. The van der Waals surface area contributed by atoms with Crippen LogP contribution in [0.5, 0.6) is 23.0 Å². The summed E-state index contributed by atoms with van der Waals surface area (Å²) in [6.07, 6.45) is 0. The first-order chi connectivity index (χ1) is 16.6. The van der Waals surface area contributed by atoms with Gasteiger partial charge in [0, 0.05) is 11.6 Å². The summed E-state index contributed by atoms with van der Waals surface area (Å²) in [6.45, 7) is 1.27. The van der Waals surface area contributed by atoms with Crippen LogP contribution in [0, 0.1) is 0 Å². The molecule has 0 radical (unpaired) electrons. The Morgan fingerprint density at radius 1 is 0.882 bits per heavy atom. The average molecular weight is 462 g/mol. The minimum atomic E-state index is -0.229. The Morgan fingerprint density at radius 2 is 1.68 bits per heavy atom. The molecule has 3 aromatic carbocycles. The van der Waals surface area contributed by atoms with Gasteiger partial charge in [-0.3, -0.25) is 4.79 Å². The fraction of sp³-hybridized carbons (Fsp3) is 0.231. The van der Waals surface area contributed by atoms with Gasteiger partial charge in [-0.2, -0.15) is 0 Å². The van der Waals surface area contributed by atoms with E-state index >= 15 is 0 Å². The van der Waals surface area contributed by atoms with Gasteiger partial charge < -0.3 is 28.8 Å². The predicted octanol–water partition coefficient (Wildman–Crippen LogP) is 4.07. The highest BCUT2D eigenvalue weighted by Crippen LogP contribution is 2.27. The number of hydrogen-bond donors (Lipinski definition) is 1. The summed E-state index contributed by atoms with van der Waals surface area (Å²) < 4.78 is 23.8. The molecule has 8 heteroatoms. The maximum atomic E-state index is 12.8. The number of benzene rings is 3. The first-order valence-corrected chi connectivity index (χ1v) is 10.8. The lowest BCUT2D eigenvalue weighted by Gasteiger charge is -2.13. The van der Waals surface area contributed by atoms with E-state index in [9.17, 15) is 4.79 Å². The molecule has 34 heavy (non-hydrogen) atoms. The molecule has 1 heterocycles. The minimum absolute atomic E-state index is 0.229. The molecule has 176 valence electrons. The highest BCUT2D eigenvalue weighted by atomic mass is 16.5. The number of fused-ring (bicyclic) bond motifs is 1. The monoisotopic (exact) mass is 461 g/mol. The maximum absolute atomic E-state index is 12.8. The Labute approximate surface area is 198 Å². The third-order valence-corrected chi connectivity index (χ3v) is 5.41. The lowest BCUT2D eigenvalue weighted by atomic mass is 10.2. The quantitative estimate of drug-likeness (QED) is 0.383. The van der Waals surface area contributed by atoms with Crippen LogP contribution in [0.15, 0.2) is 66.7 Å². The van der Waals surface area contributed by atoms with Gasteiger partial charge in [0.05, 0.1) is 45.5 Å². The molecular formula is C26H27N3O5. The molecule has 4 rings (SSSR count). The number of hydrogen-bond acceptors (Lipinski definition) is 6. The van der Waals surface area contributed by atoms with E-state index in [0.717, 1.165) is 28.4 Å². The third kappa shape index (κ3) is 5.06. The molecule has 0 atom stereocenters. The average Bonchev–Trinajstić information content (AvgIpc) is 3.24. The maximum Gasteiger partial charge on any atom is 0.251 e. The van der Waals surface area contributed by atoms with Crippen LogP contribution in [0.2, 0.25) is 0 Å². The second kappa shape index (κ2) is 10.6. The Hall–Kier alpha value is -4.20. The van der Waals surface area contributed by atoms with Crippen LogP contribution in [-0.4, -0.2) is 43.4 Å². The molecule has 0 spiro atoms. The Kier molecular flexibility index (Phi) is 7.17. The van der Waals surface area contributed by atoms with E-state index in [4.69, 9.17) is 23.9 Å². The van der Waals surface area contributed by atoms with Gasteiger partial charge >= 0.3 is 0 Å². The lowest BCUT2D eigenvalue weighted by Crippen LogP contribution is -2.25. The molecule has 0 aliphatic heterocycles. The van der Waals surface area contributed by atoms with Gasteiger partial charge in [-0.05, 0) is 42.5 Å². The van der Waals surface area contributed by atoms with Crippen LogP contribution in [0.25, 0.3) is 11.0 Å². The molecular weight excluding hydrogens is 434 g/mol. The summed E-state index contributed by atoms with van der Waals surface area (Å²) in [6, 6.07) is 20.4. The summed E-state index contributed by atoms with van der Waals surface area (Å²) in [4.78, 5) is 17.5. The normalized spacial score (nSPS) is 10.7. The van der Waals surface area contributed by atoms with Crippen LogP contribution in [0.3, 0.4) is 0 Å². The van der Waals surface area contributed by atoms with Crippen molar-refractivity contribution in [3.8, 4) is 23.0 Å². The molecule has 1 N–H and O–H groups in total. The molecule has 0 unspecified atom stereocenters. The van der Waals surface area contributed by atoms with Gasteiger partial charge in [0.1, 0.15) is 23.9 Å². The highest BCUT2D eigenvalue weighted by molar-refractivity contribution is 5.94.